The van der Waals surface area contributed by atoms with E-state index in [1.165, 1.54) is 0 Å². The molecule has 2 unspecified atom stereocenters. The molecule has 32 heavy (non-hydrogen) atoms. The monoisotopic (exact) mass is 528 g/mol. The zero-order valence-corrected chi connectivity index (χ0v) is 14.2. The Labute approximate surface area is 163 Å². The molecular weight excluding hydrogens is 521 g/mol. The van der Waals surface area contributed by atoms with Gasteiger partial charge in [0.15, 0.2) is 0 Å². The first-order chi connectivity index (χ1) is 13.5. The van der Waals surface area contributed by atoms with E-state index in [1.54, 1.807) is 0 Å². The number of aliphatic hydroxyl groups is 1. The number of alkyl halides is 19. The van der Waals surface area contributed by atoms with E-state index in [4.69, 9.17) is 5.11 Å². The van der Waals surface area contributed by atoms with Gasteiger partial charge in [0.25, 0.3) is 6.17 Å². The van der Waals surface area contributed by atoms with E-state index in [2.05, 4.69) is 0 Å². The zero-order valence-electron chi connectivity index (χ0n) is 14.2. The highest BCUT2D eigenvalue weighted by Crippen LogP contribution is 2.62. The lowest BCUT2D eigenvalue weighted by Gasteiger charge is -2.42. The Morgan fingerprint density at radius 2 is 0.844 bits per heavy atom. The molecule has 0 saturated heterocycles. The molecule has 0 saturated carbocycles. The first-order valence-electron chi connectivity index (χ1n) is 7.23. The van der Waals surface area contributed by atoms with Crippen LogP contribution in [0.2, 0.25) is 0 Å². The van der Waals surface area contributed by atoms with Crippen LogP contribution in [0.5, 0.6) is 0 Å². The average Bonchev–Trinajstić information content (AvgIpc) is 2.49. The topological polar surface area (TPSA) is 20.2 Å². The van der Waals surface area contributed by atoms with Gasteiger partial charge in [-0.1, -0.05) is 0 Å². The average molecular weight is 528 g/mol. The molecule has 0 spiro atoms. The summed E-state index contributed by atoms with van der Waals surface area (Å²) in [5.74, 6) is -48.3. The third-order valence-electron chi connectivity index (χ3n) is 3.63. The summed E-state index contributed by atoms with van der Waals surface area (Å²) in [6, 6.07) is 0. The highest BCUT2D eigenvalue weighted by atomic mass is 19.4. The van der Waals surface area contributed by atoms with Crippen LogP contribution in [-0.4, -0.2) is 65.3 Å². The second-order valence-corrected chi connectivity index (χ2v) is 6.21. The van der Waals surface area contributed by atoms with Gasteiger partial charge < -0.3 is 5.11 Å². The van der Waals surface area contributed by atoms with Gasteiger partial charge in [0.1, 0.15) is 0 Å². The van der Waals surface area contributed by atoms with Crippen LogP contribution in [0, 0.1) is 0 Å². The second-order valence-electron chi connectivity index (χ2n) is 6.21. The quantitative estimate of drug-likeness (QED) is 0.344. The van der Waals surface area contributed by atoms with Gasteiger partial charge in [-0.3, -0.25) is 0 Å². The molecule has 0 radical (unpaired) electrons. The molecule has 0 bridgehead atoms. The maximum atomic E-state index is 13.4. The Hall–Kier alpha value is -1.37. The largest absolute Gasteiger partial charge is 0.425 e. The van der Waals surface area contributed by atoms with Crippen LogP contribution in [0.1, 0.15) is 12.8 Å². The minimum Gasteiger partial charge on any atom is -0.393 e. The van der Waals surface area contributed by atoms with Crippen LogP contribution in [0.15, 0.2) is 0 Å². The Kier molecular flexibility index (Phi) is 7.79. The van der Waals surface area contributed by atoms with E-state index in [1.807, 2.05) is 0 Å². The van der Waals surface area contributed by atoms with Crippen molar-refractivity contribution >= 4 is 0 Å². The fourth-order valence-electron chi connectivity index (χ4n) is 1.96. The lowest BCUT2D eigenvalue weighted by atomic mass is 9.88. The Bertz CT molecular complexity index is 644. The molecule has 20 heteroatoms. The van der Waals surface area contributed by atoms with E-state index < -0.39 is 73.0 Å². The first kappa shape index (κ1) is 30.6. The third-order valence-corrected chi connectivity index (χ3v) is 3.63. The van der Waals surface area contributed by atoms with Crippen molar-refractivity contribution in [3.8, 4) is 0 Å². The smallest absolute Gasteiger partial charge is 0.393 e. The normalized spacial score (nSPS) is 18.0. The fraction of sp³-hybridized carbons (Fsp3) is 1.00. The van der Waals surface area contributed by atoms with Crippen LogP contribution in [-0.2, 0) is 0 Å². The fourth-order valence-corrected chi connectivity index (χ4v) is 1.96. The second kappa shape index (κ2) is 8.14. The Morgan fingerprint density at radius 1 is 0.500 bits per heavy atom. The maximum absolute atomic E-state index is 13.4. The van der Waals surface area contributed by atoms with Crippen LogP contribution < -0.4 is 0 Å². The molecule has 1 nitrogen and oxygen atoms in total. The summed E-state index contributed by atoms with van der Waals surface area (Å²) in [6.45, 7) is 0. The van der Waals surface area contributed by atoms with Gasteiger partial charge in [0.2, 0.25) is 0 Å². The van der Waals surface area contributed by atoms with Gasteiger partial charge in [0.05, 0.1) is 12.5 Å². The van der Waals surface area contributed by atoms with Gasteiger partial charge >= 0.3 is 47.9 Å². The number of hydrogen-bond acceptors (Lipinski definition) is 1. The molecule has 194 valence electrons. The minimum atomic E-state index is -8.55. The number of hydrogen-bond donors (Lipinski definition) is 1. The molecule has 0 amide bonds. The van der Waals surface area contributed by atoms with Gasteiger partial charge in [-0.15, -0.1) is 0 Å². The summed E-state index contributed by atoms with van der Waals surface area (Å²) in [5.41, 5.74) is 0. The van der Waals surface area contributed by atoms with E-state index in [-0.39, 0.29) is 0 Å². The van der Waals surface area contributed by atoms with Gasteiger partial charge in [0, 0.05) is 6.42 Å². The Morgan fingerprint density at radius 3 is 1.16 bits per heavy atom. The van der Waals surface area contributed by atoms with E-state index >= 15 is 0 Å². The Balaban J connectivity index is 6.37. The summed E-state index contributed by atoms with van der Waals surface area (Å²) in [5, 5.41) is 8.60. The molecule has 0 aromatic carbocycles. The van der Waals surface area contributed by atoms with Crippen molar-refractivity contribution in [3.63, 3.8) is 0 Å². The molecule has 0 heterocycles. The van der Waals surface area contributed by atoms with E-state index in [0.29, 0.717) is 0 Å². The molecule has 0 rings (SSSR count). The zero-order chi connectivity index (χ0) is 26.6. The molecule has 1 N–H and O–H groups in total. The van der Waals surface area contributed by atoms with Crippen molar-refractivity contribution in [1.82, 2.24) is 0 Å². The van der Waals surface area contributed by atoms with Crippen LogP contribution in [0.25, 0.3) is 0 Å². The lowest BCUT2D eigenvalue weighted by molar-refractivity contribution is -0.436. The van der Waals surface area contributed by atoms with Crippen molar-refractivity contribution in [3.05, 3.63) is 0 Å². The third kappa shape index (κ3) is 5.07. The molecule has 0 aromatic rings. The van der Waals surface area contributed by atoms with E-state index in [9.17, 15) is 83.4 Å². The van der Waals surface area contributed by atoms with Crippen molar-refractivity contribution in [1.29, 1.82) is 0 Å². The number of halogens is 19. The maximum Gasteiger partial charge on any atom is 0.425 e. The molecule has 0 fully saturated rings. The van der Waals surface area contributed by atoms with Crippen molar-refractivity contribution in [2.45, 2.75) is 73.0 Å². The molecule has 0 aliphatic heterocycles. The van der Waals surface area contributed by atoms with Crippen molar-refractivity contribution < 1.29 is 88.5 Å². The van der Waals surface area contributed by atoms with Gasteiger partial charge in [-0.25, -0.2) is 4.39 Å². The van der Waals surface area contributed by atoms with Crippen molar-refractivity contribution in [2.24, 2.45) is 0 Å². The minimum absolute atomic E-state index is 2.84. The summed E-state index contributed by atoms with van der Waals surface area (Å²) >= 11 is 0. The molecule has 0 aromatic heterocycles. The predicted octanol–water partition coefficient (Wildman–Crippen LogP) is 6.40. The highest BCUT2D eigenvalue weighted by molar-refractivity contribution is 5.13. The summed E-state index contributed by atoms with van der Waals surface area (Å²) in [7, 11) is 0. The van der Waals surface area contributed by atoms with Crippen molar-refractivity contribution in [2.75, 3.05) is 0 Å². The molecular formula is C12H7F19O. The SMILES string of the molecule is OC(CC(F)(F)F)CC(F)(F)C(F)(F)C(F)(F)C(F)(F)C(F)(F)C(F)(F)C(F)C(F)(F)F. The molecule has 2 atom stereocenters. The number of rotatable bonds is 9. The predicted molar refractivity (Wildman–Crippen MR) is 61.9 cm³/mol. The van der Waals surface area contributed by atoms with Crippen LogP contribution in [0.3, 0.4) is 0 Å². The van der Waals surface area contributed by atoms with Gasteiger partial charge in [-0.2, -0.15) is 79.0 Å². The molecule has 0 aliphatic carbocycles. The number of aliphatic hydroxyl groups excluding tert-OH is 1. The molecule has 0 aliphatic rings. The van der Waals surface area contributed by atoms with Crippen LogP contribution in [0.4, 0.5) is 83.4 Å². The highest BCUT2D eigenvalue weighted by Gasteiger charge is 2.91. The first-order valence-corrected chi connectivity index (χ1v) is 7.23. The standard InChI is InChI=1S/C12H7F19O/c13-4(8(21,22)23)7(19,20)10(26,27)12(30,31)11(28,29)9(24,25)5(14,15)1-3(32)2-6(16,17)18/h3-4,32H,1-2H2. The summed E-state index contributed by atoms with van der Waals surface area (Å²) in [4.78, 5) is 0. The summed E-state index contributed by atoms with van der Waals surface area (Å²) < 4.78 is 243. The lowest BCUT2D eigenvalue weighted by Crippen LogP contribution is -2.72. The van der Waals surface area contributed by atoms with Gasteiger partial charge in [-0.05, 0) is 0 Å². The van der Waals surface area contributed by atoms with E-state index in [0.717, 1.165) is 0 Å². The van der Waals surface area contributed by atoms with Crippen LogP contribution >= 0.6 is 0 Å². The summed E-state index contributed by atoms with van der Waals surface area (Å²) in [6.07, 6.45) is -29.2.